The van der Waals surface area contributed by atoms with E-state index in [-0.39, 0.29) is 5.54 Å². The van der Waals surface area contributed by atoms with Crippen LogP contribution in [0, 0.1) is 0 Å². The molecule has 0 amide bonds. The molecule has 2 aromatic rings. The molecule has 24 heavy (non-hydrogen) atoms. The summed E-state index contributed by atoms with van der Waals surface area (Å²) in [5.74, 6) is 1.56. The van der Waals surface area contributed by atoms with E-state index in [0.717, 1.165) is 30.0 Å². The number of benzene rings is 1. The molecule has 0 saturated heterocycles. The summed E-state index contributed by atoms with van der Waals surface area (Å²) in [7, 11) is 0. The Morgan fingerprint density at radius 1 is 1.08 bits per heavy atom. The summed E-state index contributed by atoms with van der Waals surface area (Å²) < 4.78 is 11.2. The zero-order chi connectivity index (χ0) is 16.4. The molecule has 1 aromatic carbocycles. The minimum atomic E-state index is -0.0218. The molecule has 0 unspecified atom stereocenters. The summed E-state index contributed by atoms with van der Waals surface area (Å²) in [5.41, 5.74) is 0.891. The summed E-state index contributed by atoms with van der Waals surface area (Å²) in [5, 5.41) is 9.66. The molecule has 4 nitrogen and oxygen atoms in total. The molecule has 2 N–H and O–H groups in total. The Balaban J connectivity index is 1.48. The summed E-state index contributed by atoms with van der Waals surface area (Å²) in [6.45, 7) is 1.18. The molecular formula is C18H20N2O2S2. The predicted octanol–water partition coefficient (Wildman–Crippen LogP) is 4.28. The number of nitrogens with one attached hydrogen (secondary N) is 2. The summed E-state index contributed by atoms with van der Waals surface area (Å²) in [4.78, 5) is 1.37. The third-order valence-corrected chi connectivity index (χ3v) is 5.88. The van der Waals surface area contributed by atoms with Gasteiger partial charge in [0.1, 0.15) is 13.2 Å². The Labute approximate surface area is 151 Å². The van der Waals surface area contributed by atoms with Crippen LogP contribution in [0.2, 0.25) is 0 Å². The van der Waals surface area contributed by atoms with E-state index in [1.165, 1.54) is 17.7 Å². The highest BCUT2D eigenvalue weighted by molar-refractivity contribution is 7.80. The maximum absolute atomic E-state index is 5.63. The van der Waals surface area contributed by atoms with Crippen molar-refractivity contribution in [1.82, 2.24) is 5.32 Å². The van der Waals surface area contributed by atoms with E-state index in [1.807, 2.05) is 18.2 Å². The van der Waals surface area contributed by atoms with Crippen LogP contribution in [0.1, 0.15) is 30.6 Å². The standard InChI is InChI=1S/C18H20N2O2S2/c23-17(19-13-5-6-14-15(12-13)22-10-9-21-14)20-18(7-1-2-8-18)16-4-3-11-24-16/h3-6,11-12H,1-2,7-10H2,(H2,19,20,23). The first-order valence-corrected chi connectivity index (χ1v) is 9.57. The number of rotatable bonds is 3. The van der Waals surface area contributed by atoms with Gasteiger partial charge in [-0.15, -0.1) is 11.3 Å². The van der Waals surface area contributed by atoms with Crippen LogP contribution in [0.15, 0.2) is 35.7 Å². The summed E-state index contributed by atoms with van der Waals surface area (Å²) in [6, 6.07) is 10.1. The van der Waals surface area contributed by atoms with Gasteiger partial charge in [0.05, 0.1) is 5.54 Å². The number of thiocarbonyl (C=S) groups is 1. The van der Waals surface area contributed by atoms with Gasteiger partial charge in [0, 0.05) is 16.6 Å². The van der Waals surface area contributed by atoms with Crippen molar-refractivity contribution < 1.29 is 9.47 Å². The summed E-state index contributed by atoms with van der Waals surface area (Å²) >= 11 is 7.38. The Bertz CT molecular complexity index is 725. The van der Waals surface area contributed by atoms with Gasteiger partial charge in [-0.25, -0.2) is 0 Å². The van der Waals surface area contributed by atoms with E-state index >= 15 is 0 Å². The first-order chi connectivity index (χ1) is 11.8. The average molecular weight is 361 g/mol. The SMILES string of the molecule is S=C(Nc1ccc2c(c1)OCCO2)NC1(c2cccs2)CCCC1. The molecule has 1 aliphatic carbocycles. The molecule has 126 valence electrons. The zero-order valence-corrected chi connectivity index (χ0v) is 15.0. The second-order valence-electron chi connectivity index (χ2n) is 6.20. The maximum atomic E-state index is 5.63. The van der Waals surface area contributed by atoms with Crippen LogP contribution in [0.3, 0.4) is 0 Å². The minimum Gasteiger partial charge on any atom is -0.486 e. The van der Waals surface area contributed by atoms with Gasteiger partial charge in [0.25, 0.3) is 0 Å². The smallest absolute Gasteiger partial charge is 0.171 e. The number of hydrogen-bond donors (Lipinski definition) is 2. The van der Waals surface area contributed by atoms with Gasteiger partial charge in [-0.3, -0.25) is 0 Å². The van der Waals surface area contributed by atoms with E-state index in [0.29, 0.717) is 18.3 Å². The number of ether oxygens (including phenoxy) is 2. The first-order valence-electron chi connectivity index (χ1n) is 8.28. The van der Waals surface area contributed by atoms with Crippen molar-refractivity contribution in [1.29, 1.82) is 0 Å². The van der Waals surface area contributed by atoms with Crippen LogP contribution < -0.4 is 20.1 Å². The van der Waals surface area contributed by atoms with Crippen molar-refractivity contribution in [3.05, 3.63) is 40.6 Å². The lowest BCUT2D eigenvalue weighted by Crippen LogP contribution is -2.45. The average Bonchev–Trinajstić information content (AvgIpc) is 3.27. The molecule has 2 aliphatic rings. The van der Waals surface area contributed by atoms with E-state index in [1.54, 1.807) is 11.3 Å². The quantitative estimate of drug-likeness (QED) is 0.800. The molecule has 6 heteroatoms. The highest BCUT2D eigenvalue weighted by Gasteiger charge is 2.37. The van der Waals surface area contributed by atoms with Crippen molar-refractivity contribution in [2.45, 2.75) is 31.2 Å². The van der Waals surface area contributed by atoms with E-state index < -0.39 is 0 Å². The van der Waals surface area contributed by atoms with Crippen LogP contribution >= 0.6 is 23.6 Å². The second-order valence-corrected chi connectivity index (χ2v) is 7.56. The van der Waals surface area contributed by atoms with E-state index in [2.05, 4.69) is 28.1 Å². The van der Waals surface area contributed by atoms with Crippen molar-refractivity contribution >= 4 is 34.4 Å². The zero-order valence-electron chi connectivity index (χ0n) is 13.3. The third kappa shape index (κ3) is 3.08. The molecular weight excluding hydrogens is 340 g/mol. The topological polar surface area (TPSA) is 42.5 Å². The highest BCUT2D eigenvalue weighted by Crippen LogP contribution is 2.41. The molecule has 1 saturated carbocycles. The Morgan fingerprint density at radius 2 is 1.88 bits per heavy atom. The van der Waals surface area contributed by atoms with Crippen molar-refractivity contribution in [3.8, 4) is 11.5 Å². The van der Waals surface area contributed by atoms with Gasteiger partial charge in [-0.1, -0.05) is 18.9 Å². The Hall–Kier alpha value is -1.79. The molecule has 1 aromatic heterocycles. The van der Waals surface area contributed by atoms with Crippen molar-refractivity contribution in [3.63, 3.8) is 0 Å². The molecule has 0 atom stereocenters. The Kier molecular flexibility index (Phi) is 4.33. The van der Waals surface area contributed by atoms with Gasteiger partial charge < -0.3 is 20.1 Å². The van der Waals surface area contributed by atoms with Crippen LogP contribution in [-0.2, 0) is 5.54 Å². The predicted molar refractivity (Wildman–Crippen MR) is 101 cm³/mol. The summed E-state index contributed by atoms with van der Waals surface area (Å²) in [6.07, 6.45) is 4.71. The van der Waals surface area contributed by atoms with Crippen LogP contribution in [0.4, 0.5) is 5.69 Å². The second kappa shape index (κ2) is 6.61. The Morgan fingerprint density at radius 3 is 2.62 bits per heavy atom. The number of fused-ring (bicyclic) bond motifs is 1. The van der Waals surface area contributed by atoms with Gasteiger partial charge >= 0.3 is 0 Å². The molecule has 0 bridgehead atoms. The fourth-order valence-electron chi connectivity index (χ4n) is 3.46. The van der Waals surface area contributed by atoms with Crippen LogP contribution in [0.5, 0.6) is 11.5 Å². The lowest BCUT2D eigenvalue weighted by atomic mass is 9.96. The minimum absolute atomic E-state index is 0.0218. The molecule has 0 radical (unpaired) electrons. The number of anilines is 1. The highest BCUT2D eigenvalue weighted by atomic mass is 32.1. The molecule has 2 heterocycles. The largest absolute Gasteiger partial charge is 0.486 e. The normalized spacial score (nSPS) is 18.2. The fraction of sp³-hybridized carbons (Fsp3) is 0.389. The van der Waals surface area contributed by atoms with Crippen molar-refractivity contribution in [2.75, 3.05) is 18.5 Å². The monoisotopic (exact) mass is 360 g/mol. The molecule has 4 rings (SSSR count). The van der Waals surface area contributed by atoms with Gasteiger partial charge in [0.15, 0.2) is 16.6 Å². The molecule has 1 aliphatic heterocycles. The van der Waals surface area contributed by atoms with E-state index in [4.69, 9.17) is 21.7 Å². The van der Waals surface area contributed by atoms with E-state index in [9.17, 15) is 0 Å². The molecule has 1 fully saturated rings. The fourth-order valence-corrected chi connectivity index (χ4v) is 4.72. The van der Waals surface area contributed by atoms with Crippen LogP contribution in [-0.4, -0.2) is 18.3 Å². The lowest BCUT2D eigenvalue weighted by molar-refractivity contribution is 0.171. The third-order valence-electron chi connectivity index (χ3n) is 4.60. The van der Waals surface area contributed by atoms with Crippen LogP contribution in [0.25, 0.3) is 0 Å². The lowest BCUT2D eigenvalue weighted by Gasteiger charge is -2.31. The molecule has 0 spiro atoms. The number of thiophene rings is 1. The van der Waals surface area contributed by atoms with Crippen molar-refractivity contribution in [2.24, 2.45) is 0 Å². The van der Waals surface area contributed by atoms with Gasteiger partial charge in [-0.05, 0) is 48.6 Å². The number of hydrogen-bond acceptors (Lipinski definition) is 4. The van der Waals surface area contributed by atoms with Gasteiger partial charge in [0.2, 0.25) is 0 Å². The maximum Gasteiger partial charge on any atom is 0.171 e. The first kappa shape index (κ1) is 15.7. The van der Waals surface area contributed by atoms with Gasteiger partial charge in [-0.2, -0.15) is 0 Å².